The molecule has 1 N–H and O–H groups in total. The van der Waals surface area contributed by atoms with Crippen molar-refractivity contribution in [2.24, 2.45) is 0 Å². The first-order valence-electron chi connectivity index (χ1n) is 13.8. The third-order valence-corrected chi connectivity index (χ3v) is 9.56. The number of hydrogen-bond acceptors (Lipinski definition) is 4. The second-order valence-corrected chi connectivity index (χ2v) is 13.7. The number of nitrogens with one attached hydrogen (secondary N) is 1. The van der Waals surface area contributed by atoms with Gasteiger partial charge in [-0.15, -0.1) is 0 Å². The number of anilines is 1. The molecule has 1 aliphatic rings. The zero-order valence-electron chi connectivity index (χ0n) is 23.3. The number of sulfonamides is 1. The lowest BCUT2D eigenvalue weighted by molar-refractivity contribution is -0.140. The minimum atomic E-state index is -3.97. The maximum absolute atomic E-state index is 14.2. The molecule has 0 aromatic heterocycles. The molecule has 0 aliphatic heterocycles. The molecular weight excluding hydrogens is 617 g/mol. The average molecular weight is 651 g/mol. The second-order valence-electron chi connectivity index (χ2n) is 10.5. The van der Waals surface area contributed by atoms with Crippen LogP contribution in [0.25, 0.3) is 0 Å². The highest BCUT2D eigenvalue weighted by molar-refractivity contribution is 7.92. The fourth-order valence-electron chi connectivity index (χ4n) is 5.16. The molecule has 1 atom stereocenters. The van der Waals surface area contributed by atoms with Gasteiger partial charge in [0.15, 0.2) is 0 Å². The summed E-state index contributed by atoms with van der Waals surface area (Å²) in [6.07, 6.45) is 6.20. The van der Waals surface area contributed by atoms with Crippen LogP contribution in [0, 0.1) is 0 Å². The molecule has 0 radical (unpaired) electrons. The maximum Gasteiger partial charge on any atom is 0.244 e. The van der Waals surface area contributed by atoms with Crippen molar-refractivity contribution < 1.29 is 18.0 Å². The van der Waals surface area contributed by atoms with Crippen LogP contribution in [-0.4, -0.2) is 50.0 Å². The first-order chi connectivity index (χ1) is 20.0. The molecular formula is C31H34Cl3N3O4S. The van der Waals surface area contributed by atoms with E-state index in [0.717, 1.165) is 53.8 Å². The summed E-state index contributed by atoms with van der Waals surface area (Å²) in [4.78, 5) is 29.6. The topological polar surface area (TPSA) is 86.8 Å². The van der Waals surface area contributed by atoms with E-state index in [9.17, 15) is 18.0 Å². The van der Waals surface area contributed by atoms with Crippen LogP contribution in [0.15, 0.2) is 72.8 Å². The number of carbonyl (C=O) groups is 2. The Morgan fingerprint density at radius 3 is 2.19 bits per heavy atom. The first-order valence-corrected chi connectivity index (χ1v) is 16.8. The molecule has 1 saturated carbocycles. The fraction of sp³-hybridized carbons (Fsp3) is 0.355. The quantitative estimate of drug-likeness (QED) is 0.257. The minimum Gasteiger partial charge on any atom is -0.352 e. The summed E-state index contributed by atoms with van der Waals surface area (Å²) in [7, 11) is -3.97. The largest absolute Gasteiger partial charge is 0.352 e. The number of nitrogens with zero attached hydrogens (tertiary/aromatic N) is 2. The van der Waals surface area contributed by atoms with Crippen molar-refractivity contribution in [3.05, 3.63) is 99.0 Å². The maximum atomic E-state index is 14.2. The van der Waals surface area contributed by atoms with Crippen molar-refractivity contribution in [3.8, 4) is 0 Å². The Balaban J connectivity index is 1.73. The molecule has 224 valence electrons. The summed E-state index contributed by atoms with van der Waals surface area (Å²) in [6, 6.07) is 20.1. The number of hydrogen-bond donors (Lipinski definition) is 1. The summed E-state index contributed by atoms with van der Waals surface area (Å²) < 4.78 is 26.9. The Hall–Kier alpha value is -2.78. The lowest BCUT2D eigenvalue weighted by Gasteiger charge is -2.35. The van der Waals surface area contributed by atoms with E-state index in [4.69, 9.17) is 34.8 Å². The molecule has 3 aromatic carbocycles. The van der Waals surface area contributed by atoms with Crippen LogP contribution < -0.4 is 9.62 Å². The molecule has 0 saturated heterocycles. The summed E-state index contributed by atoms with van der Waals surface area (Å²) in [6.45, 7) is -0.513. The molecule has 7 nitrogen and oxygen atoms in total. The Kier molecular flexibility index (Phi) is 11.2. The molecule has 0 bridgehead atoms. The highest BCUT2D eigenvalue weighted by Crippen LogP contribution is 2.34. The van der Waals surface area contributed by atoms with Gasteiger partial charge in [-0.2, -0.15) is 0 Å². The molecule has 11 heteroatoms. The van der Waals surface area contributed by atoms with Gasteiger partial charge in [-0.05, 0) is 48.2 Å². The molecule has 0 heterocycles. The summed E-state index contributed by atoms with van der Waals surface area (Å²) in [5.74, 6) is -0.842. The standard InChI is InChI=1S/C31H34Cl3N3O4S/c1-42(40,41)37(27-14-8-13-26(33)30(27)34)21-29(38)36(20-23-15-17-24(32)18-16-23)28(19-22-9-4-2-5-10-22)31(39)35-25-11-6-3-7-12-25/h2,4-5,8-10,13-18,25,28H,3,6-7,11-12,19-21H2,1H3,(H,35,39)/t28-/m0/s1. The van der Waals surface area contributed by atoms with E-state index >= 15 is 0 Å². The van der Waals surface area contributed by atoms with Gasteiger partial charge in [0.2, 0.25) is 21.8 Å². The summed E-state index contributed by atoms with van der Waals surface area (Å²) in [5, 5.41) is 3.88. The van der Waals surface area contributed by atoms with Crippen LogP contribution in [0.2, 0.25) is 15.1 Å². The Bertz CT molecular complexity index is 1480. The zero-order valence-corrected chi connectivity index (χ0v) is 26.4. The molecule has 3 aromatic rings. The van der Waals surface area contributed by atoms with E-state index < -0.39 is 28.5 Å². The number of amides is 2. The molecule has 1 fully saturated rings. The molecule has 42 heavy (non-hydrogen) atoms. The Labute approximate surface area is 262 Å². The van der Waals surface area contributed by atoms with E-state index in [1.54, 1.807) is 30.3 Å². The average Bonchev–Trinajstić information content (AvgIpc) is 2.96. The van der Waals surface area contributed by atoms with E-state index in [1.807, 2.05) is 30.3 Å². The predicted molar refractivity (Wildman–Crippen MR) is 170 cm³/mol. The van der Waals surface area contributed by atoms with Gasteiger partial charge >= 0.3 is 0 Å². The lowest BCUT2D eigenvalue weighted by Crippen LogP contribution is -2.55. The van der Waals surface area contributed by atoms with Gasteiger partial charge < -0.3 is 10.2 Å². The molecule has 0 unspecified atom stereocenters. The van der Waals surface area contributed by atoms with Crippen molar-refractivity contribution in [1.82, 2.24) is 10.2 Å². The van der Waals surface area contributed by atoms with Crippen molar-refractivity contribution in [1.29, 1.82) is 0 Å². The van der Waals surface area contributed by atoms with Crippen LogP contribution in [0.1, 0.15) is 43.2 Å². The minimum absolute atomic E-state index is 0.0116. The normalized spacial score (nSPS) is 14.7. The smallest absolute Gasteiger partial charge is 0.244 e. The predicted octanol–water partition coefficient (Wildman–Crippen LogP) is 6.50. The van der Waals surface area contributed by atoms with E-state index in [1.165, 1.54) is 17.0 Å². The van der Waals surface area contributed by atoms with Crippen molar-refractivity contribution >= 4 is 62.3 Å². The molecule has 1 aliphatic carbocycles. The van der Waals surface area contributed by atoms with Crippen molar-refractivity contribution in [3.63, 3.8) is 0 Å². The van der Waals surface area contributed by atoms with E-state index in [0.29, 0.717) is 5.02 Å². The first kappa shape index (κ1) is 32.1. The summed E-state index contributed by atoms with van der Waals surface area (Å²) >= 11 is 18.7. The van der Waals surface area contributed by atoms with Gasteiger partial charge in [-0.25, -0.2) is 8.42 Å². The van der Waals surface area contributed by atoms with E-state index in [-0.39, 0.29) is 40.6 Å². The van der Waals surface area contributed by atoms with E-state index in [2.05, 4.69) is 5.32 Å². The Morgan fingerprint density at radius 1 is 0.881 bits per heavy atom. The highest BCUT2D eigenvalue weighted by atomic mass is 35.5. The molecule has 2 amide bonds. The fourth-order valence-corrected chi connectivity index (χ4v) is 6.59. The number of rotatable bonds is 11. The van der Waals surface area contributed by atoms with Crippen LogP contribution in [-0.2, 0) is 32.6 Å². The van der Waals surface area contributed by atoms with Gasteiger partial charge in [0.1, 0.15) is 12.6 Å². The zero-order chi connectivity index (χ0) is 30.3. The second kappa shape index (κ2) is 14.6. The van der Waals surface area contributed by atoms with Gasteiger partial charge in [0.05, 0.1) is 22.0 Å². The van der Waals surface area contributed by atoms with Crippen LogP contribution in [0.4, 0.5) is 5.69 Å². The van der Waals surface area contributed by atoms with Crippen molar-refractivity contribution in [2.45, 2.75) is 57.2 Å². The van der Waals surface area contributed by atoms with Gasteiger partial charge in [0.25, 0.3) is 0 Å². The van der Waals surface area contributed by atoms with Gasteiger partial charge in [0, 0.05) is 24.0 Å². The van der Waals surface area contributed by atoms with Gasteiger partial charge in [-0.1, -0.05) is 103 Å². The number of halogens is 3. The Morgan fingerprint density at radius 2 is 1.55 bits per heavy atom. The van der Waals surface area contributed by atoms with Crippen LogP contribution >= 0.6 is 34.8 Å². The van der Waals surface area contributed by atoms with Crippen LogP contribution in [0.5, 0.6) is 0 Å². The molecule has 0 spiro atoms. The third-order valence-electron chi connectivity index (χ3n) is 7.37. The lowest BCUT2D eigenvalue weighted by atomic mass is 9.94. The van der Waals surface area contributed by atoms with Crippen LogP contribution in [0.3, 0.4) is 0 Å². The highest BCUT2D eigenvalue weighted by Gasteiger charge is 2.34. The third kappa shape index (κ3) is 8.63. The summed E-state index contributed by atoms with van der Waals surface area (Å²) in [5.41, 5.74) is 1.69. The van der Waals surface area contributed by atoms with Gasteiger partial charge in [-0.3, -0.25) is 13.9 Å². The molecule has 4 rings (SSSR count). The SMILES string of the molecule is CS(=O)(=O)N(CC(=O)N(Cc1ccc(Cl)cc1)[C@@H](Cc1ccccc1)C(=O)NC1CCCCC1)c1cccc(Cl)c1Cl. The number of carbonyl (C=O) groups excluding carboxylic acids is 2. The number of benzene rings is 3. The monoisotopic (exact) mass is 649 g/mol. The van der Waals surface area contributed by atoms with Crippen molar-refractivity contribution in [2.75, 3.05) is 17.1 Å².